The first-order valence-corrected chi connectivity index (χ1v) is 32.2. The van der Waals surface area contributed by atoms with Crippen LogP contribution in [-0.4, -0.2) is 222 Å². The van der Waals surface area contributed by atoms with Crippen LogP contribution in [-0.2, 0) is 66.7 Å². The van der Waals surface area contributed by atoms with E-state index < -0.39 is 170 Å². The molecule has 10 rings (SSSR count). The molecule has 31 atom stereocenters. The molecule has 0 amide bonds. The van der Waals surface area contributed by atoms with Gasteiger partial charge in [0, 0.05) is 6.42 Å². The number of allylic oxidation sites excluding steroid dienone is 2. The second kappa shape index (κ2) is 25.2. The van der Waals surface area contributed by atoms with Gasteiger partial charge in [0.25, 0.3) is 5.79 Å². The second-order valence-corrected chi connectivity index (χ2v) is 30.0. The second-order valence-electron chi connectivity index (χ2n) is 30.0. The van der Waals surface area contributed by atoms with Gasteiger partial charge in [-0.05, 0) is 136 Å². The summed E-state index contributed by atoms with van der Waals surface area (Å²) in [5.41, 5.74) is -1.23. The minimum Gasteiger partial charge on any atom is -0.432 e. The van der Waals surface area contributed by atoms with Crippen LogP contribution in [0.3, 0.4) is 0 Å². The van der Waals surface area contributed by atoms with Gasteiger partial charge in [0.1, 0.15) is 73.2 Å². The lowest BCUT2D eigenvalue weighted by molar-refractivity contribution is -0.445. The summed E-state index contributed by atoms with van der Waals surface area (Å²) < 4.78 is 62.3. The van der Waals surface area contributed by atoms with Crippen molar-refractivity contribution in [2.75, 3.05) is 13.2 Å². The quantitative estimate of drug-likeness (QED) is 0.0390. The Morgan fingerprint density at radius 1 is 0.614 bits per heavy atom. The molecule has 0 aromatic rings. The summed E-state index contributed by atoms with van der Waals surface area (Å²) in [7, 11) is 0. The summed E-state index contributed by atoms with van der Waals surface area (Å²) in [6, 6.07) is 0. The van der Waals surface area contributed by atoms with Crippen LogP contribution in [0.2, 0.25) is 0 Å². The van der Waals surface area contributed by atoms with E-state index in [4.69, 9.17) is 57.1 Å². The lowest BCUT2D eigenvalue weighted by Crippen LogP contribution is -2.69. The maximum atomic E-state index is 16.2. The molecular weight excluding hydrogens is 1160 g/mol. The van der Waals surface area contributed by atoms with E-state index >= 15 is 4.79 Å². The Morgan fingerprint density at radius 3 is 1.90 bits per heavy atom. The normalized spacial score (nSPS) is 52.1. The first-order valence-electron chi connectivity index (χ1n) is 32.2. The zero-order valence-corrected chi connectivity index (χ0v) is 53.1. The topological polar surface area (TPSA) is 367 Å². The van der Waals surface area contributed by atoms with Crippen molar-refractivity contribution in [3.05, 3.63) is 11.6 Å². The summed E-state index contributed by atoms with van der Waals surface area (Å²) in [6.07, 6.45) is -24.4. The minimum absolute atomic E-state index is 0.148. The Kier molecular flexibility index (Phi) is 19.7. The van der Waals surface area contributed by atoms with Gasteiger partial charge in [0.05, 0.1) is 49.0 Å². The Hall–Kier alpha value is -2.16. The van der Waals surface area contributed by atoms with Crippen molar-refractivity contribution in [1.82, 2.24) is 0 Å². The highest BCUT2D eigenvalue weighted by Gasteiger charge is 2.71. The van der Waals surface area contributed by atoms with E-state index in [1.54, 1.807) is 20.8 Å². The predicted octanol–water partition coefficient (Wildman–Crippen LogP) is 2.03. The van der Waals surface area contributed by atoms with Crippen molar-refractivity contribution in [2.45, 2.75) is 301 Å². The highest BCUT2D eigenvalue weighted by Crippen LogP contribution is 2.76. The first kappa shape index (κ1) is 68.7. The van der Waals surface area contributed by atoms with E-state index in [2.05, 4.69) is 54.5 Å². The third-order valence-electron chi connectivity index (χ3n) is 23.8. The smallest absolute Gasteiger partial charge is 0.315 e. The number of rotatable bonds is 14. The maximum Gasteiger partial charge on any atom is 0.315 e. The molecule has 0 bridgehead atoms. The highest BCUT2D eigenvalue weighted by atomic mass is 17.2. The average Bonchev–Trinajstić information content (AvgIpc) is 0.697. The summed E-state index contributed by atoms with van der Waals surface area (Å²) in [4.78, 5) is 42.4. The van der Waals surface area contributed by atoms with Gasteiger partial charge in [0.2, 0.25) is 12.6 Å². The molecule has 0 aromatic heterocycles. The largest absolute Gasteiger partial charge is 0.432 e. The van der Waals surface area contributed by atoms with E-state index in [1.165, 1.54) is 19.4 Å². The number of aliphatic hydroxyl groups excluding tert-OH is 11. The van der Waals surface area contributed by atoms with Crippen molar-refractivity contribution in [3.8, 4) is 0 Å². The molecule has 10 aliphatic rings. The fourth-order valence-corrected chi connectivity index (χ4v) is 17.8. The highest BCUT2D eigenvalue weighted by molar-refractivity contribution is 5.79. The summed E-state index contributed by atoms with van der Waals surface area (Å²) in [5, 5.41) is 119. The molecule has 4 saturated carbocycles. The third kappa shape index (κ3) is 11.8. The van der Waals surface area contributed by atoms with E-state index in [0.29, 0.717) is 44.9 Å². The molecule has 0 aromatic carbocycles. The fourth-order valence-electron chi connectivity index (χ4n) is 17.8. The molecule has 0 radical (unpaired) electrons. The van der Waals surface area contributed by atoms with Crippen molar-refractivity contribution in [1.29, 1.82) is 0 Å². The standard InChI is InChI=1S/C63H102O25/c1-13-28(2)50(75)85-63(86-54-46(73)42(69)39(66)30(4)80-54)24-29(3)79-55(49(63)83-53-47(74)43(70)48(31(5)81-53)82-51-44(71)40(67)34(64)26-77-51)84-56(76)62-22-20-57(6,7)25-33(62)32-14-15-37-59(10)18-17-38(87-88-52-45(72)41(68)35(65)27-78-52)58(8,9)36(59)16-19-61(37,12)60(32,11)21-23-62/h14,28-31,33-49,51-55,64-74H,13,15-27H2,1-12H3/t28-,29?,30?,31?,33?,34?,35+,36?,37?,38-,39+,40-,41?,42?,43?,44?,45?,46?,47?,48-,49?,51+,52-,53-,54-,55-,59-,60+,61+,62-,63?/m0/s1. The molecule has 5 saturated heterocycles. The molecule has 11 N–H and O–H groups in total. The van der Waals surface area contributed by atoms with Crippen LogP contribution in [0.25, 0.3) is 0 Å². The van der Waals surface area contributed by atoms with E-state index in [-0.39, 0.29) is 58.5 Å². The fraction of sp³-hybridized carbons (Fsp3) is 0.937. The van der Waals surface area contributed by atoms with Crippen LogP contribution in [0.4, 0.5) is 0 Å². The van der Waals surface area contributed by atoms with Crippen molar-refractivity contribution in [2.24, 2.45) is 56.2 Å². The summed E-state index contributed by atoms with van der Waals surface area (Å²) in [5.74, 6) is -4.54. The average molecular weight is 1260 g/mol. The predicted molar refractivity (Wildman–Crippen MR) is 303 cm³/mol. The third-order valence-corrected chi connectivity index (χ3v) is 23.8. The lowest BCUT2D eigenvalue weighted by atomic mass is 9.33. The van der Waals surface area contributed by atoms with Crippen LogP contribution in [0.15, 0.2) is 11.6 Å². The SMILES string of the molecule is CC[C@H](C)C(=O)OC1(O[C@@H]2OC(C)[C@@H](O)C(O)C2O)CC(C)O[C@@H](OC(=O)[C@]23CCC(C)(C)CC2C2=CCC4[C@@]5(C)CC[C@H](OO[C@@H]6OC[C@@H](O)C(O)C6O)C(C)(C)C5CC[C@@]4(C)[C@]2(C)CC3)C1O[C@@H]1OC(C)[C@H](O[C@H]2OCC(O)[C@H](O)C2O)C(O)C1O. The molecule has 0 spiro atoms. The number of esters is 2. The van der Waals surface area contributed by atoms with Crippen LogP contribution < -0.4 is 0 Å². The van der Waals surface area contributed by atoms with E-state index in [1.807, 2.05) is 0 Å². The first-order chi connectivity index (χ1) is 41.1. The van der Waals surface area contributed by atoms with Crippen LogP contribution in [0.1, 0.15) is 160 Å². The van der Waals surface area contributed by atoms with Crippen molar-refractivity contribution >= 4 is 11.9 Å². The molecule has 504 valence electrons. The molecule has 25 nitrogen and oxygen atoms in total. The zero-order chi connectivity index (χ0) is 64.3. The number of fused-ring (bicyclic) bond motifs is 7. The number of hydrogen-bond donors (Lipinski definition) is 11. The number of carbonyl (C=O) groups is 2. The van der Waals surface area contributed by atoms with Crippen molar-refractivity contribution in [3.63, 3.8) is 0 Å². The van der Waals surface area contributed by atoms with Gasteiger partial charge in [-0.25, -0.2) is 9.78 Å². The number of hydrogen-bond acceptors (Lipinski definition) is 25. The van der Waals surface area contributed by atoms with Crippen LogP contribution >= 0.6 is 0 Å². The Balaban J connectivity index is 0.968. The van der Waals surface area contributed by atoms with E-state index in [9.17, 15) is 61.0 Å². The Labute approximate surface area is 515 Å². The molecule has 5 aliphatic carbocycles. The molecular formula is C63H102O25. The van der Waals surface area contributed by atoms with Gasteiger partial charge in [-0.3, -0.25) is 9.59 Å². The van der Waals surface area contributed by atoms with Crippen LogP contribution in [0.5, 0.6) is 0 Å². The van der Waals surface area contributed by atoms with Crippen LogP contribution in [0, 0.1) is 56.2 Å². The van der Waals surface area contributed by atoms with Crippen molar-refractivity contribution < 1.29 is 123 Å². The molecule has 5 aliphatic heterocycles. The minimum atomic E-state index is -2.47. The molecule has 88 heavy (non-hydrogen) atoms. The zero-order valence-electron chi connectivity index (χ0n) is 53.1. The van der Waals surface area contributed by atoms with Gasteiger partial charge >= 0.3 is 11.9 Å². The summed E-state index contributed by atoms with van der Waals surface area (Å²) in [6.45, 7) is 23.4. The number of ether oxygens (including phenoxy) is 10. The Morgan fingerprint density at radius 2 is 1.23 bits per heavy atom. The lowest BCUT2D eigenvalue weighted by Gasteiger charge is -2.71. The van der Waals surface area contributed by atoms with Gasteiger partial charge < -0.3 is 104 Å². The molecule has 25 heteroatoms. The Bertz CT molecular complexity index is 2500. The summed E-state index contributed by atoms with van der Waals surface area (Å²) >= 11 is 0. The maximum absolute atomic E-state index is 16.2. The molecule has 9 fully saturated rings. The van der Waals surface area contributed by atoms with E-state index in [0.717, 1.165) is 25.7 Å². The number of carbonyl (C=O) groups excluding carboxylic acids is 2. The van der Waals surface area contributed by atoms with Gasteiger partial charge in [-0.15, -0.1) is 0 Å². The van der Waals surface area contributed by atoms with Gasteiger partial charge in [-0.2, -0.15) is 0 Å². The molecule has 16 unspecified atom stereocenters. The van der Waals surface area contributed by atoms with Gasteiger partial charge in [-0.1, -0.05) is 74.0 Å². The van der Waals surface area contributed by atoms with Gasteiger partial charge in [0.15, 0.2) is 25.0 Å². The molecule has 5 heterocycles. The number of aliphatic hydroxyl groups is 11. The monoisotopic (exact) mass is 1260 g/mol.